The summed E-state index contributed by atoms with van der Waals surface area (Å²) in [6.45, 7) is 0. The lowest BCUT2D eigenvalue weighted by Crippen LogP contribution is -1.15. The first-order valence-corrected chi connectivity index (χ1v) is 0.926. The minimum atomic E-state index is 0. The molecule has 0 rings (SSSR count). The normalized spacial score (nSPS) is 3.60. The monoisotopic (exact) mass is 156 g/mol. The Labute approximate surface area is 53.8 Å². The topological polar surface area (TPSA) is 9.23 Å². The predicted molar refractivity (Wildman–Crippen MR) is 30.4 cm³/mol. The van der Waals surface area contributed by atoms with Gasteiger partial charge in [0.2, 0.25) is 0 Å². The molecule has 0 aliphatic heterocycles. The van der Waals surface area contributed by atoms with E-state index in [1.54, 1.807) is 0 Å². The minimum absolute atomic E-state index is 0. The summed E-state index contributed by atoms with van der Waals surface area (Å²) in [6.07, 6.45) is 0. The third-order valence-electron chi connectivity index (χ3n) is 0. The summed E-state index contributed by atoms with van der Waals surface area (Å²) >= 11 is 8.53. The third-order valence-corrected chi connectivity index (χ3v) is 0. The second-order valence-corrected chi connectivity index (χ2v) is 0.525. The van der Waals surface area contributed by atoms with Crippen molar-refractivity contribution in [2.45, 2.75) is 0 Å². The lowest BCUT2D eigenvalue weighted by molar-refractivity contribution is 0.697. The van der Waals surface area contributed by atoms with Crippen LogP contribution in [-0.2, 0) is 3.84 Å². The molecule has 5 heavy (non-hydrogen) atoms. The van der Waals surface area contributed by atoms with E-state index in [-0.39, 0.29) is 25.9 Å². The number of halogens is 3. The zero-order chi connectivity index (χ0) is 2.71. The van der Waals surface area contributed by atoms with Crippen molar-refractivity contribution in [2.75, 3.05) is 0 Å². The molecule has 36 valence electrons. The van der Waals surface area contributed by atoms with Gasteiger partial charge >= 0.3 is 0 Å². The second kappa shape index (κ2) is 19.0. The van der Waals surface area contributed by atoms with E-state index in [0.29, 0.717) is 0 Å². The first-order chi connectivity index (χ1) is 1.41. The summed E-state index contributed by atoms with van der Waals surface area (Å²) in [6, 6.07) is 0. The average Bonchev–Trinajstić information content (AvgIpc) is 0.918. The van der Waals surface area contributed by atoms with Gasteiger partial charge in [0.1, 0.15) is 0 Å². The van der Waals surface area contributed by atoms with Crippen LogP contribution in [0, 0.1) is 0 Å². The van der Waals surface area contributed by atoms with E-state index in [2.05, 4.69) is 27.6 Å². The van der Waals surface area contributed by atoms with Crippen LogP contribution in [0.3, 0.4) is 0 Å². The Morgan fingerprint density at radius 2 is 1.20 bits per heavy atom. The van der Waals surface area contributed by atoms with Crippen LogP contribution in [0.15, 0.2) is 0 Å². The van der Waals surface area contributed by atoms with Crippen molar-refractivity contribution in [1.82, 2.24) is 0 Å². The molecule has 0 aromatic rings. The van der Waals surface area contributed by atoms with E-state index in [9.17, 15) is 0 Å². The summed E-state index contributed by atoms with van der Waals surface area (Å²) in [5.41, 5.74) is 0. The summed E-state index contributed by atoms with van der Waals surface area (Å²) < 4.78 is 3.19. The SMILES string of the molecule is Cl.ClOCl.S. The largest absolute Gasteiger partial charge is 0.197 e. The van der Waals surface area contributed by atoms with Gasteiger partial charge in [-0.15, -0.1) is 12.4 Å². The average molecular weight is 157 g/mol. The molecule has 0 spiro atoms. The Morgan fingerprint density at radius 1 is 1.20 bits per heavy atom. The van der Waals surface area contributed by atoms with E-state index in [1.165, 1.54) is 0 Å². The molecule has 0 saturated carbocycles. The molecule has 0 heterocycles. The molecule has 0 amide bonds. The van der Waals surface area contributed by atoms with Crippen molar-refractivity contribution in [3.63, 3.8) is 0 Å². The van der Waals surface area contributed by atoms with Crippen molar-refractivity contribution in [3.8, 4) is 0 Å². The van der Waals surface area contributed by atoms with Gasteiger partial charge in [-0.1, -0.05) is 0 Å². The van der Waals surface area contributed by atoms with Gasteiger partial charge in [-0.05, 0) is 0 Å². The van der Waals surface area contributed by atoms with Gasteiger partial charge in [0, 0.05) is 0 Å². The molecular formula is H3Cl3OS. The van der Waals surface area contributed by atoms with Crippen LogP contribution in [0.2, 0.25) is 0 Å². The zero-order valence-corrected chi connectivity index (χ0v) is 5.40. The first-order valence-electron chi connectivity index (χ1n) is 0.309. The number of hydrogen-bond acceptors (Lipinski definition) is 1. The summed E-state index contributed by atoms with van der Waals surface area (Å²) in [4.78, 5) is 0. The molecule has 0 aliphatic rings. The highest BCUT2D eigenvalue weighted by Crippen LogP contribution is 1.78. The molecule has 0 fully saturated rings. The fraction of sp³-hybridized carbons (Fsp3) is 0. The smallest absolute Gasteiger partial charge is 0.0832 e. The van der Waals surface area contributed by atoms with Gasteiger partial charge in [0.15, 0.2) is 0 Å². The van der Waals surface area contributed by atoms with Crippen LogP contribution in [0.4, 0.5) is 0 Å². The quantitative estimate of drug-likeness (QED) is 0.521. The van der Waals surface area contributed by atoms with Crippen molar-refractivity contribution in [2.24, 2.45) is 0 Å². The third kappa shape index (κ3) is 37.6. The molecule has 1 nitrogen and oxygen atoms in total. The van der Waals surface area contributed by atoms with Gasteiger partial charge in [-0.25, -0.2) is 0 Å². The van der Waals surface area contributed by atoms with Crippen LogP contribution in [0.5, 0.6) is 0 Å². The van der Waals surface area contributed by atoms with Gasteiger partial charge in [0.25, 0.3) is 0 Å². The lowest BCUT2D eigenvalue weighted by atomic mass is 15.9. The maximum absolute atomic E-state index is 4.26. The van der Waals surface area contributed by atoms with Crippen LogP contribution >= 0.6 is 49.6 Å². The van der Waals surface area contributed by atoms with Crippen LogP contribution in [-0.4, -0.2) is 0 Å². The molecule has 0 aliphatic carbocycles. The maximum Gasteiger partial charge on any atom is 0.0832 e. The van der Waals surface area contributed by atoms with E-state index < -0.39 is 0 Å². The Hall–Kier alpha value is 1.18. The van der Waals surface area contributed by atoms with Crippen LogP contribution < -0.4 is 0 Å². The molecule has 5 heteroatoms. The minimum Gasteiger partial charge on any atom is -0.197 e. The Kier molecular flexibility index (Phi) is 62.5. The van der Waals surface area contributed by atoms with Gasteiger partial charge in [-0.3, -0.25) is 0 Å². The fourth-order valence-electron chi connectivity index (χ4n) is 0. The van der Waals surface area contributed by atoms with Crippen molar-refractivity contribution in [1.29, 1.82) is 0 Å². The highest BCUT2D eigenvalue weighted by molar-refractivity contribution is 7.59. The molecule has 0 atom stereocenters. The van der Waals surface area contributed by atoms with E-state index in [1.807, 2.05) is 0 Å². The molecule has 0 aromatic carbocycles. The number of hydrogen-bond donors (Lipinski definition) is 0. The Morgan fingerprint density at radius 3 is 1.20 bits per heavy atom. The number of rotatable bonds is 0. The van der Waals surface area contributed by atoms with E-state index >= 15 is 0 Å². The molecule has 0 aromatic heterocycles. The molecule has 0 saturated heterocycles. The summed E-state index contributed by atoms with van der Waals surface area (Å²) in [7, 11) is 0. The van der Waals surface area contributed by atoms with Gasteiger partial charge < -0.3 is 0 Å². The Bertz CT molecular complexity index is 6.85. The maximum atomic E-state index is 4.26. The van der Waals surface area contributed by atoms with Gasteiger partial charge in [-0.2, -0.15) is 17.3 Å². The van der Waals surface area contributed by atoms with Crippen molar-refractivity contribution in [3.05, 3.63) is 0 Å². The van der Waals surface area contributed by atoms with Crippen LogP contribution in [0.1, 0.15) is 0 Å². The Balaban J connectivity index is -0.0000000200. The standard InChI is InChI=1S/Cl2O.ClH.H2S/c1-3-2;;/h;1H;1H2. The molecule has 0 radical (unpaired) electrons. The van der Waals surface area contributed by atoms with Gasteiger partial charge in [0.05, 0.1) is 23.7 Å². The molecular weight excluding hydrogens is 154 g/mol. The lowest BCUT2D eigenvalue weighted by Gasteiger charge is -1.46. The van der Waals surface area contributed by atoms with E-state index in [4.69, 9.17) is 0 Å². The first kappa shape index (κ1) is 16.4. The molecule has 0 unspecified atom stereocenters. The zero-order valence-electron chi connectivity index (χ0n) is 2.07. The second-order valence-electron chi connectivity index (χ2n) is 0.0583. The molecule has 0 N–H and O–H groups in total. The van der Waals surface area contributed by atoms with Crippen molar-refractivity contribution < 1.29 is 3.84 Å². The van der Waals surface area contributed by atoms with Crippen LogP contribution in [0.25, 0.3) is 0 Å². The van der Waals surface area contributed by atoms with E-state index in [0.717, 1.165) is 0 Å². The molecule has 0 bridgehead atoms. The summed E-state index contributed by atoms with van der Waals surface area (Å²) in [5, 5.41) is 0. The fourth-order valence-corrected chi connectivity index (χ4v) is 0. The predicted octanol–water partition coefficient (Wildman–Crippen LogP) is 1.85. The highest BCUT2D eigenvalue weighted by Gasteiger charge is 1.38. The summed E-state index contributed by atoms with van der Waals surface area (Å²) in [5.74, 6) is 0. The van der Waals surface area contributed by atoms with Crippen molar-refractivity contribution >= 4 is 49.6 Å². The highest BCUT2D eigenvalue weighted by atomic mass is 35.6.